The lowest BCUT2D eigenvalue weighted by Crippen LogP contribution is -2.17. The quantitative estimate of drug-likeness (QED) is 0.529. The zero-order valence-electron chi connectivity index (χ0n) is 12.3. The third kappa shape index (κ3) is 3.42. The largest absolute Gasteiger partial charge is 0.423 e. The van der Waals surface area contributed by atoms with Crippen molar-refractivity contribution in [2.24, 2.45) is 0 Å². The van der Waals surface area contributed by atoms with E-state index in [1.807, 2.05) is 19.1 Å². The monoisotopic (exact) mass is 395 g/mol. The molecule has 0 spiro atoms. The summed E-state index contributed by atoms with van der Waals surface area (Å²) in [5.41, 5.74) is 0.789. The SMILES string of the molecule is CCCn1c(SCc2cc(=O)oc3cc(Br)ccc23)n[nH]c1=O. The van der Waals surface area contributed by atoms with Crippen LogP contribution in [-0.4, -0.2) is 14.8 Å². The van der Waals surface area contributed by atoms with Crippen molar-refractivity contribution in [3.8, 4) is 0 Å². The highest BCUT2D eigenvalue weighted by atomic mass is 79.9. The molecule has 0 amide bonds. The molecule has 1 aromatic carbocycles. The molecule has 3 aromatic rings. The predicted octanol–water partition coefficient (Wildman–Crippen LogP) is 3.14. The Morgan fingerprint density at radius 1 is 1.35 bits per heavy atom. The molecule has 0 aliphatic carbocycles. The van der Waals surface area contributed by atoms with E-state index in [2.05, 4.69) is 26.1 Å². The molecule has 0 aliphatic heterocycles. The van der Waals surface area contributed by atoms with Gasteiger partial charge in [0, 0.05) is 28.2 Å². The zero-order valence-corrected chi connectivity index (χ0v) is 14.7. The number of rotatable bonds is 5. The molecule has 2 heterocycles. The van der Waals surface area contributed by atoms with Crippen LogP contribution in [0.5, 0.6) is 0 Å². The minimum absolute atomic E-state index is 0.212. The minimum Gasteiger partial charge on any atom is -0.423 e. The summed E-state index contributed by atoms with van der Waals surface area (Å²) in [6, 6.07) is 7.06. The molecule has 0 radical (unpaired) electrons. The third-order valence-electron chi connectivity index (χ3n) is 3.32. The number of hydrogen-bond donors (Lipinski definition) is 1. The maximum Gasteiger partial charge on any atom is 0.343 e. The molecule has 23 heavy (non-hydrogen) atoms. The Morgan fingerprint density at radius 3 is 2.96 bits per heavy atom. The van der Waals surface area contributed by atoms with Gasteiger partial charge in [0.05, 0.1) is 0 Å². The molecule has 0 aliphatic rings. The Morgan fingerprint density at radius 2 is 2.17 bits per heavy atom. The fourth-order valence-electron chi connectivity index (χ4n) is 2.30. The number of halogens is 1. The van der Waals surface area contributed by atoms with Gasteiger partial charge in [0.15, 0.2) is 5.16 Å². The van der Waals surface area contributed by atoms with Crippen molar-refractivity contribution in [2.45, 2.75) is 30.8 Å². The number of H-pyrrole nitrogens is 1. The summed E-state index contributed by atoms with van der Waals surface area (Å²) in [7, 11) is 0. The number of nitrogens with one attached hydrogen (secondary N) is 1. The van der Waals surface area contributed by atoms with Crippen LogP contribution in [0.2, 0.25) is 0 Å². The van der Waals surface area contributed by atoms with Gasteiger partial charge in [-0.2, -0.15) is 0 Å². The Bertz CT molecular complexity index is 960. The average molecular weight is 396 g/mol. The summed E-state index contributed by atoms with van der Waals surface area (Å²) in [4.78, 5) is 23.4. The van der Waals surface area contributed by atoms with Crippen molar-refractivity contribution in [3.05, 3.63) is 55.2 Å². The lowest BCUT2D eigenvalue weighted by Gasteiger charge is -2.06. The highest BCUT2D eigenvalue weighted by Crippen LogP contribution is 2.26. The Labute approximate surface area is 144 Å². The second-order valence-corrected chi connectivity index (χ2v) is 6.84. The number of hydrogen-bond acceptors (Lipinski definition) is 5. The molecule has 8 heteroatoms. The van der Waals surface area contributed by atoms with Crippen LogP contribution in [0, 0.1) is 0 Å². The fourth-order valence-corrected chi connectivity index (χ4v) is 3.60. The second kappa shape index (κ2) is 6.76. The first kappa shape index (κ1) is 16.1. The van der Waals surface area contributed by atoms with Gasteiger partial charge in [0.2, 0.25) is 0 Å². The molecule has 3 rings (SSSR count). The average Bonchev–Trinajstić information content (AvgIpc) is 2.85. The van der Waals surface area contributed by atoms with Gasteiger partial charge in [-0.05, 0) is 30.2 Å². The molecular weight excluding hydrogens is 382 g/mol. The van der Waals surface area contributed by atoms with Gasteiger partial charge in [-0.25, -0.2) is 14.7 Å². The van der Waals surface area contributed by atoms with Crippen LogP contribution in [0.3, 0.4) is 0 Å². The van der Waals surface area contributed by atoms with Crippen molar-refractivity contribution in [3.63, 3.8) is 0 Å². The van der Waals surface area contributed by atoms with E-state index in [0.717, 1.165) is 21.8 Å². The smallest absolute Gasteiger partial charge is 0.343 e. The molecule has 1 N–H and O–H groups in total. The molecule has 0 saturated carbocycles. The highest BCUT2D eigenvalue weighted by Gasteiger charge is 2.11. The number of nitrogens with zero attached hydrogens (tertiary/aromatic N) is 2. The van der Waals surface area contributed by atoms with Crippen LogP contribution >= 0.6 is 27.7 Å². The summed E-state index contributed by atoms with van der Waals surface area (Å²) < 4.78 is 7.68. The van der Waals surface area contributed by atoms with E-state index in [4.69, 9.17) is 4.42 Å². The predicted molar refractivity (Wildman–Crippen MR) is 92.9 cm³/mol. The molecule has 120 valence electrons. The second-order valence-electron chi connectivity index (χ2n) is 4.98. The van der Waals surface area contributed by atoms with E-state index >= 15 is 0 Å². The third-order valence-corrected chi connectivity index (χ3v) is 4.84. The highest BCUT2D eigenvalue weighted by molar-refractivity contribution is 9.10. The number of aromatic amines is 1. The topological polar surface area (TPSA) is 80.9 Å². The van der Waals surface area contributed by atoms with Crippen LogP contribution in [0.25, 0.3) is 11.0 Å². The molecule has 0 saturated heterocycles. The van der Waals surface area contributed by atoms with Gasteiger partial charge >= 0.3 is 11.3 Å². The van der Waals surface area contributed by atoms with Gasteiger partial charge in [-0.3, -0.25) is 4.57 Å². The van der Waals surface area contributed by atoms with E-state index in [0.29, 0.717) is 23.0 Å². The molecule has 2 aromatic heterocycles. The lowest BCUT2D eigenvalue weighted by molar-refractivity contribution is 0.559. The zero-order chi connectivity index (χ0) is 16.4. The maximum atomic E-state index is 11.7. The first-order chi connectivity index (χ1) is 11.1. The van der Waals surface area contributed by atoms with Crippen molar-refractivity contribution in [2.75, 3.05) is 0 Å². The summed E-state index contributed by atoms with van der Waals surface area (Å²) >= 11 is 4.78. The van der Waals surface area contributed by atoms with Gasteiger partial charge in [-0.15, -0.1) is 5.10 Å². The van der Waals surface area contributed by atoms with Crippen LogP contribution in [0.4, 0.5) is 0 Å². The summed E-state index contributed by atoms with van der Waals surface area (Å²) in [6.07, 6.45) is 0.846. The number of thioether (sulfide) groups is 1. The van der Waals surface area contributed by atoms with Gasteiger partial charge in [0.1, 0.15) is 5.58 Å². The first-order valence-corrected chi connectivity index (χ1v) is 8.86. The first-order valence-electron chi connectivity index (χ1n) is 7.08. The Balaban J connectivity index is 1.93. The van der Waals surface area contributed by atoms with Crippen LogP contribution in [0.15, 0.2) is 47.9 Å². The summed E-state index contributed by atoms with van der Waals surface area (Å²) in [5, 5.41) is 8.01. The number of fused-ring (bicyclic) bond motifs is 1. The van der Waals surface area contributed by atoms with Crippen molar-refractivity contribution in [1.82, 2.24) is 14.8 Å². The van der Waals surface area contributed by atoms with Gasteiger partial charge < -0.3 is 4.42 Å². The van der Waals surface area contributed by atoms with E-state index in [-0.39, 0.29) is 11.3 Å². The number of benzene rings is 1. The molecule has 0 atom stereocenters. The maximum absolute atomic E-state index is 11.7. The molecule has 0 bridgehead atoms. The minimum atomic E-state index is -0.390. The van der Waals surface area contributed by atoms with Gasteiger partial charge in [0.25, 0.3) is 0 Å². The lowest BCUT2D eigenvalue weighted by atomic mass is 10.1. The fraction of sp³-hybridized carbons (Fsp3) is 0.267. The van der Waals surface area contributed by atoms with E-state index in [1.54, 1.807) is 10.6 Å². The van der Waals surface area contributed by atoms with Crippen LogP contribution in [-0.2, 0) is 12.3 Å². The summed E-state index contributed by atoms with van der Waals surface area (Å²) in [6.45, 7) is 2.62. The van der Waals surface area contributed by atoms with Crippen LogP contribution in [0.1, 0.15) is 18.9 Å². The van der Waals surface area contributed by atoms with E-state index in [9.17, 15) is 9.59 Å². The molecule has 6 nitrogen and oxygen atoms in total. The van der Waals surface area contributed by atoms with Gasteiger partial charge in [-0.1, -0.05) is 34.6 Å². The standard InChI is InChI=1S/C15H14BrN3O3S/c1-2-5-19-14(21)17-18-15(19)23-8-9-6-13(20)22-12-7-10(16)3-4-11(9)12/h3-4,6-7H,2,5,8H2,1H3,(H,17,21). The van der Waals surface area contributed by atoms with Crippen molar-refractivity contribution in [1.29, 1.82) is 0 Å². The summed E-state index contributed by atoms with van der Waals surface area (Å²) in [5.74, 6) is 0.526. The number of aromatic nitrogens is 3. The van der Waals surface area contributed by atoms with E-state index in [1.165, 1.54) is 17.8 Å². The van der Waals surface area contributed by atoms with E-state index < -0.39 is 0 Å². The van der Waals surface area contributed by atoms with Crippen molar-refractivity contribution < 1.29 is 4.42 Å². The molecule has 0 fully saturated rings. The Hall–Kier alpha value is -1.80. The molecule has 0 unspecified atom stereocenters. The normalized spacial score (nSPS) is 11.2. The van der Waals surface area contributed by atoms with Crippen molar-refractivity contribution >= 4 is 38.7 Å². The van der Waals surface area contributed by atoms with Crippen LogP contribution < -0.4 is 11.3 Å². The Kier molecular flexibility index (Phi) is 4.72. The molecular formula is C15H14BrN3O3S.